The summed E-state index contributed by atoms with van der Waals surface area (Å²) >= 11 is 0. The van der Waals surface area contributed by atoms with E-state index in [9.17, 15) is 0 Å². The van der Waals surface area contributed by atoms with Crippen molar-refractivity contribution in [1.29, 1.82) is 0 Å². The predicted octanol–water partition coefficient (Wildman–Crippen LogP) is 3.96. The number of rotatable bonds is 4. The molecule has 2 fully saturated rings. The Morgan fingerprint density at radius 2 is 1.69 bits per heavy atom. The lowest BCUT2D eigenvalue weighted by molar-refractivity contribution is 0.482. The monoisotopic (exact) mass is 180 g/mol. The Labute approximate surface area is 83.1 Å². The van der Waals surface area contributed by atoms with Crippen LogP contribution < -0.4 is 0 Å². The van der Waals surface area contributed by atoms with E-state index >= 15 is 0 Å². The summed E-state index contributed by atoms with van der Waals surface area (Å²) in [5.41, 5.74) is 0. The summed E-state index contributed by atoms with van der Waals surface area (Å²) in [6, 6.07) is 0. The average Bonchev–Trinajstić information content (AvgIpc) is 2.87. The number of hydrogen-bond acceptors (Lipinski definition) is 0. The van der Waals surface area contributed by atoms with Crippen molar-refractivity contribution in [3.05, 3.63) is 0 Å². The summed E-state index contributed by atoms with van der Waals surface area (Å²) in [5, 5.41) is 0. The highest BCUT2D eigenvalue weighted by Gasteiger charge is 2.48. The summed E-state index contributed by atoms with van der Waals surface area (Å²) in [5.74, 6) is 6.34. The van der Waals surface area contributed by atoms with Gasteiger partial charge in [0.25, 0.3) is 0 Å². The highest BCUT2D eigenvalue weighted by atomic mass is 14.5. The normalized spacial score (nSPS) is 48.2. The minimum Gasteiger partial charge on any atom is -0.0628 e. The van der Waals surface area contributed by atoms with Crippen LogP contribution in [-0.4, -0.2) is 0 Å². The molecule has 0 amide bonds. The first-order valence-electron chi connectivity index (χ1n) is 6.09. The van der Waals surface area contributed by atoms with Crippen molar-refractivity contribution in [2.24, 2.45) is 35.5 Å². The third kappa shape index (κ3) is 2.08. The Bertz CT molecular complexity index is 174. The molecule has 0 radical (unpaired) electrons. The summed E-state index contributed by atoms with van der Waals surface area (Å²) in [6.45, 7) is 9.57. The molecule has 0 nitrogen and oxygen atoms in total. The van der Waals surface area contributed by atoms with Crippen molar-refractivity contribution in [2.45, 2.75) is 47.0 Å². The average molecular weight is 180 g/mol. The standard InChI is InChI=1S/C13H24/c1-8(2)5-11-6-12(11)7-13-9(3)10(13)4/h8-13H,5-7H2,1-4H3. The van der Waals surface area contributed by atoms with Gasteiger partial charge >= 0.3 is 0 Å². The zero-order valence-corrected chi connectivity index (χ0v) is 9.59. The fraction of sp³-hybridized carbons (Fsp3) is 1.00. The first-order valence-corrected chi connectivity index (χ1v) is 6.09. The van der Waals surface area contributed by atoms with Crippen LogP contribution in [0.1, 0.15) is 47.0 Å². The van der Waals surface area contributed by atoms with Crippen LogP contribution in [-0.2, 0) is 0 Å². The zero-order valence-electron chi connectivity index (χ0n) is 9.59. The molecule has 2 aliphatic carbocycles. The lowest BCUT2D eigenvalue weighted by Gasteiger charge is -2.02. The largest absolute Gasteiger partial charge is 0.0628 e. The summed E-state index contributed by atoms with van der Waals surface area (Å²) < 4.78 is 0. The van der Waals surface area contributed by atoms with Gasteiger partial charge < -0.3 is 0 Å². The van der Waals surface area contributed by atoms with Gasteiger partial charge in [-0.2, -0.15) is 0 Å². The van der Waals surface area contributed by atoms with E-state index in [0.29, 0.717) is 0 Å². The smallest absolute Gasteiger partial charge is 0.0355 e. The topological polar surface area (TPSA) is 0 Å². The van der Waals surface area contributed by atoms with Gasteiger partial charge in [-0.25, -0.2) is 0 Å². The molecule has 2 saturated carbocycles. The van der Waals surface area contributed by atoms with Gasteiger partial charge in [-0.3, -0.25) is 0 Å². The van der Waals surface area contributed by atoms with Gasteiger partial charge in [-0.15, -0.1) is 0 Å². The lowest BCUT2D eigenvalue weighted by atomic mass is 10.0. The first-order chi connectivity index (χ1) is 6.09. The molecule has 0 aromatic heterocycles. The first kappa shape index (κ1) is 9.55. The van der Waals surface area contributed by atoms with Crippen LogP contribution in [0.5, 0.6) is 0 Å². The molecule has 0 bridgehead atoms. The molecule has 0 spiro atoms. The second-order valence-electron chi connectivity index (χ2n) is 6.00. The second kappa shape index (κ2) is 3.29. The van der Waals surface area contributed by atoms with Crippen molar-refractivity contribution < 1.29 is 0 Å². The minimum absolute atomic E-state index is 0.920. The molecular weight excluding hydrogens is 156 g/mol. The Kier molecular flexibility index (Phi) is 2.42. The van der Waals surface area contributed by atoms with E-state index in [4.69, 9.17) is 0 Å². The molecule has 0 aromatic carbocycles. The Morgan fingerprint density at radius 3 is 2.15 bits per heavy atom. The van der Waals surface area contributed by atoms with Crippen LogP contribution in [0.2, 0.25) is 0 Å². The molecule has 0 heteroatoms. The molecule has 0 saturated heterocycles. The van der Waals surface area contributed by atoms with Gasteiger partial charge in [0.1, 0.15) is 0 Å². The second-order valence-corrected chi connectivity index (χ2v) is 6.00. The summed E-state index contributed by atoms with van der Waals surface area (Å²) in [6.07, 6.45) is 4.59. The molecule has 13 heavy (non-hydrogen) atoms. The SMILES string of the molecule is CC(C)CC1CC1CC1C(C)C1C. The fourth-order valence-corrected chi connectivity index (χ4v) is 3.04. The minimum atomic E-state index is 0.920. The molecule has 0 N–H and O–H groups in total. The van der Waals surface area contributed by atoms with Gasteiger partial charge in [0.05, 0.1) is 0 Å². The molecule has 76 valence electrons. The van der Waals surface area contributed by atoms with Gasteiger partial charge in [0.2, 0.25) is 0 Å². The number of hydrogen-bond donors (Lipinski definition) is 0. The molecule has 4 atom stereocenters. The van der Waals surface area contributed by atoms with Gasteiger partial charge in [0, 0.05) is 0 Å². The van der Waals surface area contributed by atoms with Crippen molar-refractivity contribution >= 4 is 0 Å². The molecule has 0 heterocycles. The van der Waals surface area contributed by atoms with E-state index in [2.05, 4.69) is 27.7 Å². The Balaban J connectivity index is 1.64. The van der Waals surface area contributed by atoms with Crippen LogP contribution in [0.4, 0.5) is 0 Å². The van der Waals surface area contributed by atoms with Crippen molar-refractivity contribution in [3.63, 3.8) is 0 Å². The van der Waals surface area contributed by atoms with Crippen LogP contribution in [0.15, 0.2) is 0 Å². The van der Waals surface area contributed by atoms with Crippen LogP contribution in [0.3, 0.4) is 0 Å². The van der Waals surface area contributed by atoms with Gasteiger partial charge in [-0.05, 0) is 54.8 Å². The van der Waals surface area contributed by atoms with E-state index in [-0.39, 0.29) is 0 Å². The third-order valence-electron chi connectivity index (χ3n) is 4.46. The molecule has 0 aliphatic heterocycles. The maximum absolute atomic E-state index is 2.43. The highest BCUT2D eigenvalue weighted by molar-refractivity contribution is 4.97. The van der Waals surface area contributed by atoms with E-state index in [0.717, 1.165) is 35.5 Å². The maximum atomic E-state index is 2.43. The maximum Gasteiger partial charge on any atom is -0.0355 e. The predicted molar refractivity (Wildman–Crippen MR) is 57.5 cm³/mol. The van der Waals surface area contributed by atoms with Crippen LogP contribution >= 0.6 is 0 Å². The summed E-state index contributed by atoms with van der Waals surface area (Å²) in [7, 11) is 0. The van der Waals surface area contributed by atoms with E-state index in [1.54, 1.807) is 12.8 Å². The van der Waals surface area contributed by atoms with Gasteiger partial charge in [-0.1, -0.05) is 27.7 Å². The molecular formula is C13H24. The molecule has 4 unspecified atom stereocenters. The fourth-order valence-electron chi connectivity index (χ4n) is 3.04. The van der Waals surface area contributed by atoms with Crippen LogP contribution in [0.25, 0.3) is 0 Å². The Hall–Kier alpha value is 0. The van der Waals surface area contributed by atoms with E-state index < -0.39 is 0 Å². The van der Waals surface area contributed by atoms with Crippen molar-refractivity contribution in [1.82, 2.24) is 0 Å². The quantitative estimate of drug-likeness (QED) is 0.614. The van der Waals surface area contributed by atoms with E-state index in [1.807, 2.05) is 0 Å². The highest BCUT2D eigenvalue weighted by Crippen LogP contribution is 2.56. The molecule has 2 aliphatic rings. The van der Waals surface area contributed by atoms with E-state index in [1.165, 1.54) is 6.42 Å². The van der Waals surface area contributed by atoms with Gasteiger partial charge in [0.15, 0.2) is 0 Å². The summed E-state index contributed by atoms with van der Waals surface area (Å²) in [4.78, 5) is 0. The van der Waals surface area contributed by atoms with Crippen LogP contribution in [0, 0.1) is 35.5 Å². The molecule has 0 aromatic rings. The Morgan fingerprint density at radius 1 is 1.08 bits per heavy atom. The zero-order chi connectivity index (χ0) is 9.59. The molecule has 2 rings (SSSR count). The third-order valence-corrected chi connectivity index (χ3v) is 4.46. The van der Waals surface area contributed by atoms with Crippen molar-refractivity contribution in [2.75, 3.05) is 0 Å². The lowest BCUT2D eigenvalue weighted by Crippen LogP contribution is -1.92. The van der Waals surface area contributed by atoms with Crippen molar-refractivity contribution in [3.8, 4) is 0 Å².